The summed E-state index contributed by atoms with van der Waals surface area (Å²) in [6, 6.07) is 10.2. The third-order valence-electron chi connectivity index (χ3n) is 5.14. The molecule has 0 aromatic heterocycles. The van der Waals surface area contributed by atoms with Crippen LogP contribution in [-0.2, 0) is 16.0 Å². The number of rotatable bonds is 6. The highest BCUT2D eigenvalue weighted by molar-refractivity contribution is 5.88. The molecule has 0 spiro atoms. The molecule has 1 aromatic rings. The van der Waals surface area contributed by atoms with E-state index in [4.69, 9.17) is 10.5 Å². The van der Waals surface area contributed by atoms with Gasteiger partial charge in [-0.1, -0.05) is 44.2 Å². The average molecular weight is 341 g/mol. The molecule has 0 radical (unpaired) electrons. The molecule has 1 aliphatic carbocycles. The summed E-state index contributed by atoms with van der Waals surface area (Å²) in [5, 5.41) is 0. The van der Waals surface area contributed by atoms with Crippen LogP contribution in [0.1, 0.15) is 32.8 Å². The van der Waals surface area contributed by atoms with Crippen LogP contribution in [0.25, 0.3) is 0 Å². The Morgan fingerprint density at radius 2 is 1.96 bits per heavy atom. The molecule has 0 heterocycles. The number of nitrogens with zero attached hydrogens (tertiary/aromatic N) is 1. The number of halogens is 1. The SMILES string of the molecule is CCOC1CC(N)(C(=O)N(C)CCc2ccccc2)C1(C)C.Cl. The highest BCUT2D eigenvalue weighted by Crippen LogP contribution is 2.50. The second kappa shape index (κ2) is 7.65. The molecule has 0 bridgehead atoms. The third-order valence-corrected chi connectivity index (χ3v) is 5.14. The summed E-state index contributed by atoms with van der Waals surface area (Å²) in [5.41, 5.74) is 6.52. The zero-order valence-corrected chi connectivity index (χ0v) is 15.4. The molecule has 1 saturated carbocycles. The van der Waals surface area contributed by atoms with Gasteiger partial charge >= 0.3 is 0 Å². The first kappa shape index (κ1) is 19.9. The molecule has 4 nitrogen and oxygen atoms in total. The van der Waals surface area contributed by atoms with E-state index in [1.54, 1.807) is 4.90 Å². The van der Waals surface area contributed by atoms with Crippen LogP contribution in [0, 0.1) is 5.41 Å². The van der Waals surface area contributed by atoms with Gasteiger partial charge in [0, 0.05) is 32.0 Å². The lowest BCUT2D eigenvalue weighted by Crippen LogP contribution is -2.75. The van der Waals surface area contributed by atoms with Gasteiger partial charge in [0.1, 0.15) is 5.54 Å². The van der Waals surface area contributed by atoms with Gasteiger partial charge in [-0.2, -0.15) is 0 Å². The maximum Gasteiger partial charge on any atom is 0.243 e. The van der Waals surface area contributed by atoms with E-state index in [-0.39, 0.29) is 29.8 Å². The minimum absolute atomic E-state index is 0. The summed E-state index contributed by atoms with van der Waals surface area (Å²) in [5.74, 6) is 0.0179. The fraction of sp³-hybridized carbons (Fsp3) is 0.611. The Hall–Kier alpha value is -1.10. The van der Waals surface area contributed by atoms with Gasteiger partial charge in [-0.05, 0) is 18.9 Å². The van der Waals surface area contributed by atoms with Gasteiger partial charge in [-0.25, -0.2) is 0 Å². The van der Waals surface area contributed by atoms with Crippen molar-refractivity contribution in [3.8, 4) is 0 Å². The van der Waals surface area contributed by atoms with E-state index in [1.807, 2.05) is 46.0 Å². The van der Waals surface area contributed by atoms with Gasteiger partial charge in [0.05, 0.1) is 6.10 Å². The maximum atomic E-state index is 12.8. The summed E-state index contributed by atoms with van der Waals surface area (Å²) in [6.45, 7) is 7.36. The van der Waals surface area contributed by atoms with Crippen molar-refractivity contribution < 1.29 is 9.53 Å². The lowest BCUT2D eigenvalue weighted by atomic mass is 9.54. The molecule has 1 aromatic carbocycles. The topological polar surface area (TPSA) is 55.6 Å². The lowest BCUT2D eigenvalue weighted by Gasteiger charge is -2.58. The van der Waals surface area contributed by atoms with E-state index in [9.17, 15) is 4.79 Å². The number of amides is 1. The third kappa shape index (κ3) is 3.70. The quantitative estimate of drug-likeness (QED) is 0.866. The standard InChI is InChI=1S/C18H28N2O2.ClH/c1-5-22-15-13-18(19,17(15,2)3)16(21)20(4)12-11-14-9-7-6-8-10-14;/h6-10,15H,5,11-13,19H2,1-4H3;1H. The summed E-state index contributed by atoms with van der Waals surface area (Å²) in [6.07, 6.45) is 1.51. The van der Waals surface area contributed by atoms with Crippen LogP contribution in [0.4, 0.5) is 0 Å². The van der Waals surface area contributed by atoms with Crippen LogP contribution >= 0.6 is 12.4 Å². The molecule has 2 N–H and O–H groups in total. The molecule has 1 amide bonds. The van der Waals surface area contributed by atoms with Gasteiger partial charge in [0.15, 0.2) is 0 Å². The normalized spacial score (nSPS) is 25.2. The molecule has 1 aliphatic rings. The molecule has 130 valence electrons. The van der Waals surface area contributed by atoms with Crippen molar-refractivity contribution in [2.24, 2.45) is 11.1 Å². The number of carbonyl (C=O) groups excluding carboxylic acids is 1. The van der Waals surface area contributed by atoms with E-state index < -0.39 is 5.54 Å². The predicted octanol–water partition coefficient (Wildman–Crippen LogP) is 2.64. The van der Waals surface area contributed by atoms with Crippen molar-refractivity contribution in [2.75, 3.05) is 20.2 Å². The first-order chi connectivity index (χ1) is 10.3. The van der Waals surface area contributed by atoms with E-state index in [0.29, 0.717) is 19.6 Å². The van der Waals surface area contributed by atoms with Crippen LogP contribution in [0.15, 0.2) is 30.3 Å². The van der Waals surface area contributed by atoms with Crippen molar-refractivity contribution in [1.29, 1.82) is 0 Å². The molecule has 2 unspecified atom stereocenters. The smallest absolute Gasteiger partial charge is 0.243 e. The molecule has 0 saturated heterocycles. The Kier molecular flexibility index (Phi) is 6.63. The second-order valence-corrected chi connectivity index (χ2v) is 6.80. The number of ether oxygens (including phenoxy) is 1. The van der Waals surface area contributed by atoms with Gasteiger partial charge in [-0.15, -0.1) is 12.4 Å². The van der Waals surface area contributed by atoms with Gasteiger partial charge in [-0.3, -0.25) is 4.79 Å². The van der Waals surface area contributed by atoms with E-state index in [2.05, 4.69) is 12.1 Å². The first-order valence-electron chi connectivity index (χ1n) is 8.03. The molecule has 0 aliphatic heterocycles. The Bertz CT molecular complexity index is 521. The van der Waals surface area contributed by atoms with Gasteiger partial charge in [0.2, 0.25) is 5.91 Å². The highest BCUT2D eigenvalue weighted by atomic mass is 35.5. The van der Waals surface area contributed by atoms with Crippen LogP contribution < -0.4 is 5.73 Å². The average Bonchev–Trinajstić information content (AvgIpc) is 2.52. The number of carbonyl (C=O) groups is 1. The number of benzene rings is 1. The Labute approximate surface area is 145 Å². The number of likely N-dealkylation sites (N-methyl/N-ethyl adjacent to an activating group) is 1. The van der Waals surface area contributed by atoms with E-state index >= 15 is 0 Å². The fourth-order valence-electron chi connectivity index (χ4n) is 3.18. The largest absolute Gasteiger partial charge is 0.378 e. The molecule has 1 fully saturated rings. The van der Waals surface area contributed by atoms with Crippen LogP contribution in [0.2, 0.25) is 0 Å². The molecule has 23 heavy (non-hydrogen) atoms. The molecule has 5 heteroatoms. The van der Waals surface area contributed by atoms with E-state index in [1.165, 1.54) is 5.56 Å². The highest BCUT2D eigenvalue weighted by Gasteiger charge is 2.63. The van der Waals surface area contributed by atoms with Crippen molar-refractivity contribution in [3.05, 3.63) is 35.9 Å². The van der Waals surface area contributed by atoms with Gasteiger partial charge < -0.3 is 15.4 Å². The Morgan fingerprint density at radius 1 is 1.35 bits per heavy atom. The second-order valence-electron chi connectivity index (χ2n) is 6.80. The number of nitrogens with two attached hydrogens (primary N) is 1. The van der Waals surface area contributed by atoms with Crippen molar-refractivity contribution in [2.45, 2.75) is 45.3 Å². The monoisotopic (exact) mass is 340 g/mol. The van der Waals surface area contributed by atoms with Gasteiger partial charge in [0.25, 0.3) is 0 Å². The Morgan fingerprint density at radius 3 is 2.48 bits per heavy atom. The fourth-order valence-corrected chi connectivity index (χ4v) is 3.18. The zero-order chi connectivity index (χ0) is 16.4. The molecule has 2 atom stereocenters. The molecular weight excluding hydrogens is 312 g/mol. The summed E-state index contributed by atoms with van der Waals surface area (Å²) in [4.78, 5) is 14.5. The zero-order valence-electron chi connectivity index (χ0n) is 14.5. The number of hydrogen-bond donors (Lipinski definition) is 1. The van der Waals surface area contributed by atoms with Crippen LogP contribution in [0.5, 0.6) is 0 Å². The lowest BCUT2D eigenvalue weighted by molar-refractivity contribution is -0.178. The maximum absolute atomic E-state index is 12.8. The molecular formula is C18H29ClN2O2. The van der Waals surface area contributed by atoms with Crippen molar-refractivity contribution in [3.63, 3.8) is 0 Å². The van der Waals surface area contributed by atoms with Crippen LogP contribution in [0.3, 0.4) is 0 Å². The predicted molar refractivity (Wildman–Crippen MR) is 95.8 cm³/mol. The minimum atomic E-state index is -0.821. The summed E-state index contributed by atoms with van der Waals surface area (Å²) in [7, 11) is 1.84. The first-order valence-corrected chi connectivity index (χ1v) is 8.03. The summed E-state index contributed by atoms with van der Waals surface area (Å²) < 4.78 is 5.70. The van der Waals surface area contributed by atoms with Crippen molar-refractivity contribution in [1.82, 2.24) is 4.90 Å². The summed E-state index contributed by atoms with van der Waals surface area (Å²) >= 11 is 0. The van der Waals surface area contributed by atoms with Crippen LogP contribution in [-0.4, -0.2) is 42.6 Å². The minimum Gasteiger partial charge on any atom is -0.378 e. The van der Waals surface area contributed by atoms with E-state index in [0.717, 1.165) is 6.42 Å². The molecule has 2 rings (SSSR count). The van der Waals surface area contributed by atoms with Crippen molar-refractivity contribution >= 4 is 18.3 Å². The number of hydrogen-bond acceptors (Lipinski definition) is 3. The Balaban J connectivity index is 0.00000264.